The molecule has 0 unspecified atom stereocenters. The Hall–Kier alpha value is -0.905. The number of benzene rings is 1. The van der Waals surface area contributed by atoms with Crippen molar-refractivity contribution in [3.8, 4) is 0 Å². The lowest BCUT2D eigenvalue weighted by Crippen LogP contribution is -2.36. The number of halogens is 1. The molecule has 1 rings (SSSR count). The van der Waals surface area contributed by atoms with Crippen LogP contribution in [0.5, 0.6) is 0 Å². The molecule has 0 amide bonds. The fourth-order valence-corrected chi connectivity index (χ4v) is 1.21. The first kappa shape index (κ1) is 11.2. The molecule has 0 aliphatic heterocycles. The normalized spacial score (nSPS) is 10.3. The smallest absolute Gasteiger partial charge is 0.423 e. The third kappa shape index (κ3) is 2.54. The van der Waals surface area contributed by atoms with Gasteiger partial charge in [-0.05, 0) is 18.6 Å². The first-order valence-electron chi connectivity index (χ1n) is 4.38. The van der Waals surface area contributed by atoms with Gasteiger partial charge in [0.2, 0.25) is 0 Å². The van der Waals surface area contributed by atoms with Crippen molar-refractivity contribution >= 4 is 12.6 Å². The molecule has 14 heavy (non-hydrogen) atoms. The van der Waals surface area contributed by atoms with Crippen molar-refractivity contribution in [3.63, 3.8) is 0 Å². The number of ether oxygens (including phenoxy) is 1. The molecule has 0 aliphatic rings. The summed E-state index contributed by atoms with van der Waals surface area (Å²) < 4.78 is 18.2. The Morgan fingerprint density at radius 2 is 2.14 bits per heavy atom. The highest BCUT2D eigenvalue weighted by atomic mass is 19.1. The van der Waals surface area contributed by atoms with Crippen LogP contribution in [-0.2, 0) is 11.3 Å². The van der Waals surface area contributed by atoms with Gasteiger partial charge in [-0.2, -0.15) is 0 Å². The van der Waals surface area contributed by atoms with Crippen molar-refractivity contribution in [2.75, 3.05) is 6.61 Å². The van der Waals surface area contributed by atoms with Gasteiger partial charge in [-0.15, -0.1) is 0 Å². The largest absolute Gasteiger partial charge is 0.491 e. The Morgan fingerprint density at radius 1 is 1.43 bits per heavy atom. The number of rotatable bonds is 4. The van der Waals surface area contributed by atoms with Gasteiger partial charge in [0.15, 0.2) is 0 Å². The van der Waals surface area contributed by atoms with E-state index in [2.05, 4.69) is 0 Å². The monoisotopic (exact) mass is 198 g/mol. The third-order valence-corrected chi connectivity index (χ3v) is 1.86. The standard InChI is InChI=1S/C9H12BFO3/c1-2-14-6-7-4-3-5-8(11)9(7)10(12)13/h3-5,12-13H,2,6H2,1H3. The minimum atomic E-state index is -1.80. The van der Waals surface area contributed by atoms with Crippen LogP contribution in [0.1, 0.15) is 12.5 Å². The molecular weight excluding hydrogens is 186 g/mol. The van der Waals surface area contributed by atoms with E-state index in [1.54, 1.807) is 6.07 Å². The van der Waals surface area contributed by atoms with E-state index < -0.39 is 12.9 Å². The molecule has 2 N–H and O–H groups in total. The van der Waals surface area contributed by atoms with E-state index in [4.69, 9.17) is 14.8 Å². The molecule has 1 aromatic carbocycles. The van der Waals surface area contributed by atoms with E-state index >= 15 is 0 Å². The molecule has 0 saturated heterocycles. The molecule has 3 nitrogen and oxygen atoms in total. The molecule has 0 fully saturated rings. The van der Waals surface area contributed by atoms with Crippen LogP contribution in [0.25, 0.3) is 0 Å². The van der Waals surface area contributed by atoms with E-state index in [9.17, 15) is 4.39 Å². The zero-order chi connectivity index (χ0) is 10.6. The summed E-state index contributed by atoms with van der Waals surface area (Å²) in [6, 6.07) is 4.30. The van der Waals surface area contributed by atoms with Crippen LogP contribution in [-0.4, -0.2) is 23.8 Å². The summed E-state index contributed by atoms with van der Waals surface area (Å²) in [5.41, 5.74) is 0.350. The second-order valence-electron chi connectivity index (χ2n) is 2.82. The van der Waals surface area contributed by atoms with Gasteiger partial charge < -0.3 is 14.8 Å². The quantitative estimate of drug-likeness (QED) is 0.671. The average Bonchev–Trinajstić information content (AvgIpc) is 2.14. The van der Waals surface area contributed by atoms with Gasteiger partial charge in [-0.25, -0.2) is 4.39 Å². The molecule has 0 atom stereocenters. The Labute approximate surface area is 82.3 Å². The average molecular weight is 198 g/mol. The SMILES string of the molecule is CCOCc1cccc(F)c1B(O)O. The molecule has 1 aromatic rings. The molecule has 0 spiro atoms. The predicted molar refractivity (Wildman–Crippen MR) is 51.6 cm³/mol. The molecule has 0 bridgehead atoms. The Kier molecular flexibility index (Phi) is 4.07. The van der Waals surface area contributed by atoms with Crippen LogP contribution in [0.3, 0.4) is 0 Å². The van der Waals surface area contributed by atoms with Crippen LogP contribution in [0.15, 0.2) is 18.2 Å². The molecule has 0 heterocycles. The second kappa shape index (κ2) is 5.09. The first-order valence-corrected chi connectivity index (χ1v) is 4.38. The molecule has 0 aliphatic carbocycles. The summed E-state index contributed by atoms with van der Waals surface area (Å²) in [4.78, 5) is 0. The van der Waals surface area contributed by atoms with E-state index in [0.29, 0.717) is 12.2 Å². The minimum absolute atomic E-state index is 0.110. The van der Waals surface area contributed by atoms with Gasteiger partial charge in [-0.3, -0.25) is 0 Å². The van der Waals surface area contributed by atoms with Crippen LogP contribution in [0.4, 0.5) is 4.39 Å². The van der Waals surface area contributed by atoms with Crippen LogP contribution < -0.4 is 5.46 Å². The number of hydrogen-bond acceptors (Lipinski definition) is 3. The molecule has 0 radical (unpaired) electrons. The fraction of sp³-hybridized carbons (Fsp3) is 0.333. The summed E-state index contributed by atoms with van der Waals surface area (Å²) in [6.45, 7) is 2.49. The maximum Gasteiger partial charge on any atom is 0.491 e. The van der Waals surface area contributed by atoms with E-state index in [1.807, 2.05) is 6.92 Å². The summed E-state index contributed by atoms with van der Waals surface area (Å²) >= 11 is 0. The van der Waals surface area contributed by atoms with E-state index in [1.165, 1.54) is 12.1 Å². The Balaban J connectivity index is 2.96. The fourth-order valence-electron chi connectivity index (χ4n) is 1.21. The zero-order valence-electron chi connectivity index (χ0n) is 7.90. The van der Waals surface area contributed by atoms with Crippen molar-refractivity contribution < 1.29 is 19.2 Å². The predicted octanol–water partition coefficient (Wildman–Crippen LogP) is 0.0420. The highest BCUT2D eigenvalue weighted by molar-refractivity contribution is 6.59. The first-order chi connectivity index (χ1) is 6.66. The Bertz CT molecular complexity index is 304. The van der Waals surface area contributed by atoms with Gasteiger partial charge in [0.05, 0.1) is 6.61 Å². The topological polar surface area (TPSA) is 49.7 Å². The summed E-state index contributed by atoms with van der Waals surface area (Å²) in [6.07, 6.45) is 0. The van der Waals surface area contributed by atoms with Crippen LogP contribution in [0, 0.1) is 5.82 Å². The third-order valence-electron chi connectivity index (χ3n) is 1.86. The lowest BCUT2D eigenvalue weighted by molar-refractivity contribution is 0.134. The maximum absolute atomic E-state index is 13.2. The minimum Gasteiger partial charge on any atom is -0.423 e. The maximum atomic E-state index is 13.2. The van der Waals surface area contributed by atoms with Crippen molar-refractivity contribution in [1.29, 1.82) is 0 Å². The van der Waals surface area contributed by atoms with Gasteiger partial charge >= 0.3 is 7.12 Å². The summed E-state index contributed by atoms with van der Waals surface area (Å²) in [7, 11) is -1.80. The summed E-state index contributed by atoms with van der Waals surface area (Å²) in [5.74, 6) is -0.628. The number of hydrogen-bond donors (Lipinski definition) is 2. The van der Waals surface area contributed by atoms with Crippen molar-refractivity contribution in [3.05, 3.63) is 29.6 Å². The second-order valence-corrected chi connectivity index (χ2v) is 2.82. The van der Waals surface area contributed by atoms with E-state index in [0.717, 1.165) is 0 Å². The van der Waals surface area contributed by atoms with Crippen LogP contribution >= 0.6 is 0 Å². The summed E-state index contributed by atoms with van der Waals surface area (Å²) in [5, 5.41) is 17.9. The van der Waals surface area contributed by atoms with E-state index in [-0.39, 0.29) is 12.1 Å². The van der Waals surface area contributed by atoms with Gasteiger partial charge in [0.25, 0.3) is 0 Å². The van der Waals surface area contributed by atoms with Crippen LogP contribution in [0.2, 0.25) is 0 Å². The van der Waals surface area contributed by atoms with Crippen molar-refractivity contribution in [1.82, 2.24) is 0 Å². The molecule has 0 saturated carbocycles. The molecule has 5 heteroatoms. The van der Waals surface area contributed by atoms with Crippen molar-refractivity contribution in [2.45, 2.75) is 13.5 Å². The highest BCUT2D eigenvalue weighted by Crippen LogP contribution is 2.03. The van der Waals surface area contributed by atoms with Gasteiger partial charge in [-0.1, -0.05) is 12.1 Å². The molecule has 0 aromatic heterocycles. The van der Waals surface area contributed by atoms with Gasteiger partial charge in [0, 0.05) is 12.1 Å². The lowest BCUT2D eigenvalue weighted by atomic mass is 9.76. The Morgan fingerprint density at radius 3 is 2.71 bits per heavy atom. The molecular formula is C9H12BFO3. The lowest BCUT2D eigenvalue weighted by Gasteiger charge is -2.09. The molecule has 76 valence electrons. The highest BCUT2D eigenvalue weighted by Gasteiger charge is 2.20. The van der Waals surface area contributed by atoms with Gasteiger partial charge in [0.1, 0.15) is 5.82 Å². The van der Waals surface area contributed by atoms with Crippen molar-refractivity contribution in [2.24, 2.45) is 0 Å². The zero-order valence-corrected chi connectivity index (χ0v) is 7.90.